The second kappa shape index (κ2) is 7.17. The predicted octanol–water partition coefficient (Wildman–Crippen LogP) is 1.59. The van der Waals surface area contributed by atoms with Crippen LogP contribution in [0.4, 0.5) is 0 Å². The Morgan fingerprint density at radius 3 is 2.53 bits per heavy atom. The van der Waals surface area contributed by atoms with Crippen LogP contribution >= 0.6 is 0 Å². The molecule has 0 saturated carbocycles. The first-order chi connectivity index (χ1) is 9.02. The van der Waals surface area contributed by atoms with Crippen molar-refractivity contribution in [3.05, 3.63) is 35.4 Å². The van der Waals surface area contributed by atoms with Crippen molar-refractivity contribution >= 4 is 11.9 Å². The van der Waals surface area contributed by atoms with Crippen molar-refractivity contribution in [3.8, 4) is 6.07 Å². The summed E-state index contributed by atoms with van der Waals surface area (Å²) in [6.45, 7) is 2.09. The molecule has 1 atom stereocenters. The first-order valence-corrected chi connectivity index (χ1v) is 5.98. The molecule has 2 N–H and O–H groups in total. The molecule has 0 heterocycles. The van der Waals surface area contributed by atoms with Crippen molar-refractivity contribution in [1.29, 1.82) is 5.26 Å². The van der Waals surface area contributed by atoms with Gasteiger partial charge < -0.3 is 10.4 Å². The van der Waals surface area contributed by atoms with E-state index in [2.05, 4.69) is 5.32 Å². The van der Waals surface area contributed by atoms with Gasteiger partial charge in [0, 0.05) is 18.5 Å². The minimum Gasteiger partial charge on any atom is -0.481 e. The van der Waals surface area contributed by atoms with Gasteiger partial charge in [-0.3, -0.25) is 9.59 Å². The van der Waals surface area contributed by atoms with Crippen molar-refractivity contribution in [2.45, 2.75) is 19.8 Å². The highest BCUT2D eigenvalue weighted by atomic mass is 16.4. The molecule has 0 spiro atoms. The second-order valence-electron chi connectivity index (χ2n) is 4.44. The van der Waals surface area contributed by atoms with Crippen LogP contribution in [0.5, 0.6) is 0 Å². The summed E-state index contributed by atoms with van der Waals surface area (Å²) in [5.41, 5.74) is 1.36. The van der Waals surface area contributed by atoms with Crippen LogP contribution in [0.15, 0.2) is 24.3 Å². The Kier molecular flexibility index (Phi) is 5.55. The van der Waals surface area contributed by atoms with Gasteiger partial charge in [-0.05, 0) is 23.6 Å². The maximum atomic E-state index is 11.8. The Morgan fingerprint density at radius 1 is 1.37 bits per heavy atom. The van der Waals surface area contributed by atoms with Crippen molar-refractivity contribution in [2.24, 2.45) is 5.92 Å². The van der Waals surface area contributed by atoms with Crippen LogP contribution in [0, 0.1) is 17.2 Å². The van der Waals surface area contributed by atoms with Gasteiger partial charge in [0.05, 0.1) is 12.5 Å². The van der Waals surface area contributed by atoms with E-state index in [9.17, 15) is 9.59 Å². The second-order valence-corrected chi connectivity index (χ2v) is 4.44. The van der Waals surface area contributed by atoms with Gasteiger partial charge in [-0.25, -0.2) is 0 Å². The third kappa shape index (κ3) is 5.21. The number of aliphatic carboxylic acids is 1. The Balaban J connectivity index is 2.49. The molecule has 0 aliphatic heterocycles. The molecule has 19 heavy (non-hydrogen) atoms. The fraction of sp³-hybridized carbons (Fsp3) is 0.357. The van der Waals surface area contributed by atoms with E-state index in [0.29, 0.717) is 18.5 Å². The van der Waals surface area contributed by atoms with E-state index >= 15 is 0 Å². The molecule has 1 aromatic rings. The largest absolute Gasteiger partial charge is 0.481 e. The summed E-state index contributed by atoms with van der Waals surface area (Å²) in [6.07, 6.45) is 0.346. The first-order valence-electron chi connectivity index (χ1n) is 5.98. The van der Waals surface area contributed by atoms with Gasteiger partial charge in [0.15, 0.2) is 0 Å². The van der Waals surface area contributed by atoms with E-state index in [1.165, 1.54) is 0 Å². The molecule has 0 saturated heterocycles. The number of hydrogen-bond acceptors (Lipinski definition) is 3. The molecule has 5 heteroatoms. The number of carboxylic acid groups (broad SMARTS) is 1. The Hall–Kier alpha value is -2.35. The molecule has 1 amide bonds. The normalized spacial score (nSPS) is 11.4. The minimum absolute atomic E-state index is 0.0292. The molecule has 0 aliphatic rings. The van der Waals surface area contributed by atoms with Gasteiger partial charge in [0.2, 0.25) is 0 Å². The van der Waals surface area contributed by atoms with Gasteiger partial charge in [-0.2, -0.15) is 5.26 Å². The van der Waals surface area contributed by atoms with E-state index < -0.39 is 5.97 Å². The Labute approximate surface area is 111 Å². The quantitative estimate of drug-likeness (QED) is 0.812. The number of amides is 1. The highest BCUT2D eigenvalue weighted by Crippen LogP contribution is 2.06. The highest BCUT2D eigenvalue weighted by molar-refractivity contribution is 5.94. The zero-order chi connectivity index (χ0) is 14.3. The molecule has 0 radical (unpaired) electrons. The number of carbonyl (C=O) groups is 2. The summed E-state index contributed by atoms with van der Waals surface area (Å²) >= 11 is 0. The molecular formula is C14H16N2O3. The van der Waals surface area contributed by atoms with Crippen LogP contribution in [0.1, 0.15) is 29.3 Å². The molecular weight excluding hydrogens is 244 g/mol. The number of nitriles is 1. The molecule has 0 fully saturated rings. The zero-order valence-electron chi connectivity index (χ0n) is 10.7. The Morgan fingerprint density at radius 2 is 2.00 bits per heavy atom. The van der Waals surface area contributed by atoms with Crippen LogP contribution in [-0.2, 0) is 11.2 Å². The number of rotatable bonds is 6. The number of hydrogen-bond donors (Lipinski definition) is 2. The van der Waals surface area contributed by atoms with E-state index in [1.807, 2.05) is 6.07 Å². The molecule has 5 nitrogen and oxygen atoms in total. The fourth-order valence-electron chi connectivity index (χ4n) is 1.60. The standard InChI is InChI=1S/C14H16N2O3/c1-10(8-13(17)18)9-16-14(19)12-4-2-11(3-5-12)6-7-15/h2-5,10H,6,8-9H2,1H3,(H,16,19)(H,17,18). The topological polar surface area (TPSA) is 90.2 Å². The highest BCUT2D eigenvalue weighted by Gasteiger charge is 2.10. The molecule has 100 valence electrons. The minimum atomic E-state index is -0.873. The summed E-state index contributed by atoms with van der Waals surface area (Å²) in [4.78, 5) is 22.3. The third-order valence-electron chi connectivity index (χ3n) is 2.63. The van der Waals surface area contributed by atoms with Crippen molar-refractivity contribution < 1.29 is 14.7 Å². The average molecular weight is 260 g/mol. The lowest BCUT2D eigenvalue weighted by Crippen LogP contribution is -2.29. The molecule has 0 bridgehead atoms. The van der Waals surface area contributed by atoms with Crippen LogP contribution < -0.4 is 5.32 Å². The van der Waals surface area contributed by atoms with Crippen molar-refractivity contribution in [2.75, 3.05) is 6.54 Å². The molecule has 0 aliphatic carbocycles. The van der Waals surface area contributed by atoms with E-state index in [1.54, 1.807) is 31.2 Å². The van der Waals surface area contributed by atoms with Crippen LogP contribution in [-0.4, -0.2) is 23.5 Å². The third-order valence-corrected chi connectivity index (χ3v) is 2.63. The van der Waals surface area contributed by atoms with Gasteiger partial charge in [-0.1, -0.05) is 19.1 Å². The number of carbonyl (C=O) groups excluding carboxylic acids is 1. The fourth-order valence-corrected chi connectivity index (χ4v) is 1.60. The smallest absolute Gasteiger partial charge is 0.303 e. The summed E-state index contributed by atoms with van der Waals surface area (Å²) in [5, 5.41) is 19.8. The predicted molar refractivity (Wildman–Crippen MR) is 69.5 cm³/mol. The summed E-state index contributed by atoms with van der Waals surface area (Å²) in [6, 6.07) is 8.82. The van der Waals surface area contributed by atoms with Crippen LogP contribution in [0.25, 0.3) is 0 Å². The summed E-state index contributed by atoms with van der Waals surface area (Å²) in [5.74, 6) is -1.22. The molecule has 1 unspecified atom stereocenters. The molecule has 1 aromatic carbocycles. The van der Waals surface area contributed by atoms with E-state index in [0.717, 1.165) is 5.56 Å². The van der Waals surface area contributed by atoms with E-state index in [4.69, 9.17) is 10.4 Å². The summed E-state index contributed by atoms with van der Waals surface area (Å²) in [7, 11) is 0. The number of nitrogens with zero attached hydrogens (tertiary/aromatic N) is 1. The van der Waals surface area contributed by atoms with E-state index in [-0.39, 0.29) is 18.2 Å². The number of carboxylic acids is 1. The van der Waals surface area contributed by atoms with Gasteiger partial charge >= 0.3 is 5.97 Å². The van der Waals surface area contributed by atoms with Crippen LogP contribution in [0.3, 0.4) is 0 Å². The number of nitrogens with one attached hydrogen (secondary N) is 1. The van der Waals surface area contributed by atoms with Crippen molar-refractivity contribution in [3.63, 3.8) is 0 Å². The lowest BCUT2D eigenvalue weighted by Gasteiger charge is -2.10. The van der Waals surface area contributed by atoms with Gasteiger partial charge in [-0.15, -0.1) is 0 Å². The zero-order valence-corrected chi connectivity index (χ0v) is 10.7. The monoisotopic (exact) mass is 260 g/mol. The lowest BCUT2D eigenvalue weighted by atomic mass is 10.1. The van der Waals surface area contributed by atoms with Gasteiger partial charge in [0.25, 0.3) is 5.91 Å². The molecule has 0 aromatic heterocycles. The lowest BCUT2D eigenvalue weighted by molar-refractivity contribution is -0.137. The van der Waals surface area contributed by atoms with Crippen molar-refractivity contribution in [1.82, 2.24) is 5.32 Å². The average Bonchev–Trinajstić information content (AvgIpc) is 2.36. The first kappa shape index (κ1) is 14.7. The maximum Gasteiger partial charge on any atom is 0.303 e. The maximum absolute atomic E-state index is 11.8. The molecule has 1 rings (SSSR count). The summed E-state index contributed by atoms with van der Waals surface area (Å²) < 4.78 is 0. The van der Waals surface area contributed by atoms with Crippen LogP contribution in [0.2, 0.25) is 0 Å². The SMILES string of the molecule is CC(CNC(=O)c1ccc(CC#N)cc1)CC(=O)O. The number of benzene rings is 1. The Bertz CT molecular complexity index is 488. The van der Waals surface area contributed by atoms with Gasteiger partial charge in [0.1, 0.15) is 0 Å².